The van der Waals surface area contributed by atoms with Gasteiger partial charge in [-0.05, 0) is 26.0 Å². The van der Waals surface area contributed by atoms with Gasteiger partial charge in [-0.1, -0.05) is 0 Å². The van der Waals surface area contributed by atoms with Gasteiger partial charge in [0.2, 0.25) is 5.75 Å². The van der Waals surface area contributed by atoms with Crippen LogP contribution >= 0.6 is 24.0 Å². The van der Waals surface area contributed by atoms with Crippen LogP contribution in [0.2, 0.25) is 0 Å². The summed E-state index contributed by atoms with van der Waals surface area (Å²) in [6.07, 6.45) is 1.07. The monoisotopic (exact) mass is 557 g/mol. The van der Waals surface area contributed by atoms with Crippen molar-refractivity contribution in [3.63, 3.8) is 0 Å². The van der Waals surface area contributed by atoms with Crippen molar-refractivity contribution in [2.75, 3.05) is 40.3 Å². The molecule has 0 radical (unpaired) electrons. The average molecular weight is 557 g/mol. The Kier molecular flexibility index (Phi) is 9.55. The summed E-state index contributed by atoms with van der Waals surface area (Å²) in [5.41, 5.74) is 2.88. The normalized spacial score (nSPS) is 14.6. The van der Waals surface area contributed by atoms with Crippen LogP contribution in [0, 0.1) is 0 Å². The van der Waals surface area contributed by atoms with Gasteiger partial charge in [-0.2, -0.15) is 0 Å². The second kappa shape index (κ2) is 11.9. The Morgan fingerprint density at radius 2 is 1.66 bits per heavy atom. The van der Waals surface area contributed by atoms with Gasteiger partial charge in [-0.15, -0.1) is 24.0 Å². The third kappa shape index (κ3) is 5.81. The molecule has 0 spiro atoms. The van der Waals surface area contributed by atoms with Crippen molar-refractivity contribution in [2.24, 2.45) is 4.99 Å². The van der Waals surface area contributed by atoms with E-state index in [9.17, 15) is 0 Å². The first-order valence-electron chi connectivity index (χ1n) is 10.2. The second-order valence-electron chi connectivity index (χ2n) is 7.14. The molecule has 1 heterocycles. The molecule has 0 aromatic heterocycles. The molecule has 0 saturated heterocycles. The number of halogens is 1. The fourth-order valence-corrected chi connectivity index (χ4v) is 3.56. The molecule has 2 aromatic rings. The summed E-state index contributed by atoms with van der Waals surface area (Å²) in [7, 11) is 6.42. The Labute approximate surface area is 206 Å². The first kappa shape index (κ1) is 25.7. The lowest BCUT2D eigenvalue weighted by atomic mass is 10.1. The van der Waals surface area contributed by atoms with Gasteiger partial charge in [0.1, 0.15) is 17.6 Å². The lowest BCUT2D eigenvalue weighted by Crippen LogP contribution is -2.30. The molecular weight excluding hydrogens is 525 g/mol. The molecule has 8 nitrogen and oxygen atoms in total. The van der Waals surface area contributed by atoms with Crippen molar-refractivity contribution < 1.29 is 23.7 Å². The number of hydrogen-bond acceptors (Lipinski definition) is 6. The molecule has 0 fully saturated rings. The molecule has 1 aliphatic heterocycles. The number of aliphatic imine (C=N–C) groups is 1. The fourth-order valence-electron chi connectivity index (χ4n) is 3.56. The lowest BCUT2D eigenvalue weighted by molar-refractivity contribution is 0.254. The van der Waals surface area contributed by atoms with E-state index >= 15 is 0 Å². The molecule has 1 atom stereocenters. The molecule has 3 rings (SSSR count). The van der Waals surface area contributed by atoms with Gasteiger partial charge < -0.3 is 34.3 Å². The highest BCUT2D eigenvalue weighted by Crippen LogP contribution is 2.40. The number of nitrogens with one attached hydrogen (secondary N) is 2. The van der Waals surface area contributed by atoms with E-state index in [0.717, 1.165) is 29.2 Å². The molecule has 0 bridgehead atoms. The minimum atomic E-state index is 0. The van der Waals surface area contributed by atoms with Crippen molar-refractivity contribution in [3.05, 3.63) is 35.4 Å². The smallest absolute Gasteiger partial charge is 0.203 e. The molecule has 0 aliphatic carbocycles. The molecule has 0 saturated carbocycles. The van der Waals surface area contributed by atoms with E-state index in [1.807, 2.05) is 31.2 Å². The maximum atomic E-state index is 5.89. The van der Waals surface area contributed by atoms with Crippen molar-refractivity contribution in [1.29, 1.82) is 0 Å². The van der Waals surface area contributed by atoms with Crippen LogP contribution in [0.15, 0.2) is 29.3 Å². The fraction of sp³-hybridized carbons (Fsp3) is 0.435. The summed E-state index contributed by atoms with van der Waals surface area (Å²) in [5.74, 6) is 3.99. The summed E-state index contributed by atoms with van der Waals surface area (Å²) < 4.78 is 27.7. The summed E-state index contributed by atoms with van der Waals surface area (Å²) >= 11 is 0. The maximum absolute atomic E-state index is 5.89. The van der Waals surface area contributed by atoms with E-state index in [2.05, 4.69) is 17.6 Å². The number of guanidine groups is 1. The van der Waals surface area contributed by atoms with Crippen molar-refractivity contribution in [2.45, 2.75) is 32.9 Å². The highest BCUT2D eigenvalue weighted by Gasteiger charge is 2.21. The maximum Gasteiger partial charge on any atom is 0.203 e. The highest BCUT2D eigenvalue weighted by atomic mass is 127. The van der Waals surface area contributed by atoms with Crippen LogP contribution in [0.1, 0.15) is 25.0 Å². The van der Waals surface area contributed by atoms with Crippen LogP contribution in [0.5, 0.6) is 28.7 Å². The van der Waals surface area contributed by atoms with E-state index in [4.69, 9.17) is 28.7 Å². The zero-order valence-corrected chi connectivity index (χ0v) is 21.7. The highest BCUT2D eigenvalue weighted by molar-refractivity contribution is 14.0. The van der Waals surface area contributed by atoms with Crippen LogP contribution in [0.4, 0.5) is 5.69 Å². The molecule has 1 aliphatic rings. The van der Waals surface area contributed by atoms with Gasteiger partial charge in [-0.3, -0.25) is 0 Å². The molecule has 1 unspecified atom stereocenters. The molecular formula is C23H32IN3O5. The number of rotatable bonds is 8. The van der Waals surface area contributed by atoms with Crippen molar-refractivity contribution in [1.82, 2.24) is 5.32 Å². The van der Waals surface area contributed by atoms with Crippen LogP contribution in [-0.2, 0) is 13.0 Å². The lowest BCUT2D eigenvalue weighted by Gasteiger charge is -2.16. The Morgan fingerprint density at radius 1 is 1.00 bits per heavy atom. The Balaban J connectivity index is 0.00000363. The van der Waals surface area contributed by atoms with Crippen LogP contribution in [-0.4, -0.2) is 47.0 Å². The van der Waals surface area contributed by atoms with Gasteiger partial charge in [0.05, 0.1) is 35.0 Å². The molecule has 176 valence electrons. The van der Waals surface area contributed by atoms with Crippen molar-refractivity contribution >= 4 is 35.6 Å². The number of anilines is 1. The van der Waals surface area contributed by atoms with E-state index in [1.54, 1.807) is 28.4 Å². The van der Waals surface area contributed by atoms with E-state index in [0.29, 0.717) is 36.3 Å². The summed E-state index contributed by atoms with van der Waals surface area (Å²) in [5, 5.41) is 6.55. The summed E-state index contributed by atoms with van der Waals surface area (Å²) in [6, 6.07) is 7.73. The first-order valence-corrected chi connectivity index (χ1v) is 10.2. The van der Waals surface area contributed by atoms with Crippen molar-refractivity contribution in [3.8, 4) is 28.7 Å². The van der Waals surface area contributed by atoms with Crippen LogP contribution in [0.3, 0.4) is 0 Å². The summed E-state index contributed by atoms with van der Waals surface area (Å²) in [6.45, 7) is 5.21. The minimum absolute atomic E-state index is 0. The van der Waals surface area contributed by atoms with E-state index in [-0.39, 0.29) is 30.1 Å². The van der Waals surface area contributed by atoms with Crippen LogP contribution < -0.4 is 34.3 Å². The number of methoxy groups -OCH3 is 4. The third-order valence-electron chi connectivity index (χ3n) is 4.98. The second-order valence-corrected chi connectivity index (χ2v) is 7.14. The Morgan fingerprint density at radius 3 is 2.22 bits per heavy atom. The quantitative estimate of drug-likeness (QED) is 0.286. The largest absolute Gasteiger partial charge is 0.496 e. The number of fused-ring (bicyclic) bond motifs is 1. The predicted molar refractivity (Wildman–Crippen MR) is 137 cm³/mol. The number of hydrogen-bond donors (Lipinski definition) is 2. The van der Waals surface area contributed by atoms with Gasteiger partial charge in [-0.25, -0.2) is 4.99 Å². The van der Waals surface area contributed by atoms with Gasteiger partial charge in [0.15, 0.2) is 17.5 Å². The minimum Gasteiger partial charge on any atom is -0.496 e. The van der Waals surface area contributed by atoms with E-state index < -0.39 is 0 Å². The first-order chi connectivity index (χ1) is 15.0. The van der Waals surface area contributed by atoms with Gasteiger partial charge >= 0.3 is 0 Å². The number of nitrogens with zero attached hydrogens (tertiary/aromatic N) is 1. The molecule has 9 heteroatoms. The third-order valence-corrected chi connectivity index (χ3v) is 4.98. The summed E-state index contributed by atoms with van der Waals surface area (Å²) in [4.78, 5) is 4.73. The van der Waals surface area contributed by atoms with Crippen LogP contribution in [0.25, 0.3) is 0 Å². The SMILES string of the molecule is CCNC(=NCc1cc2c(cc1OC)CC(C)O2)Nc1cc(OC)c(OC)c(OC)c1.I. The zero-order chi connectivity index (χ0) is 22.4. The van der Waals surface area contributed by atoms with E-state index in [1.165, 1.54) is 5.56 Å². The molecule has 2 aromatic carbocycles. The molecule has 2 N–H and O–H groups in total. The Hall–Kier alpha value is -2.56. The zero-order valence-electron chi connectivity index (χ0n) is 19.4. The average Bonchev–Trinajstić information content (AvgIpc) is 3.14. The van der Waals surface area contributed by atoms with Gasteiger partial charge in [0, 0.05) is 41.9 Å². The number of ether oxygens (including phenoxy) is 5. The predicted octanol–water partition coefficient (Wildman–Crippen LogP) is 4.24. The topological polar surface area (TPSA) is 82.6 Å². The standard InChI is InChI=1S/C23H31N3O5.HI/c1-7-24-23(26-17-11-20(28-4)22(30-6)21(12-17)29-5)25-13-16-10-19-15(8-14(2)31-19)9-18(16)27-3;/h9-12,14H,7-8,13H2,1-6H3,(H2,24,25,26);1H. The van der Waals surface area contributed by atoms with Gasteiger partial charge in [0.25, 0.3) is 0 Å². The molecule has 0 amide bonds. The molecule has 32 heavy (non-hydrogen) atoms. The Bertz CT molecular complexity index is 926. The number of benzene rings is 2.